The first-order valence-electron chi connectivity index (χ1n) is 8.78. The molecule has 7 heteroatoms. The second-order valence-electron chi connectivity index (χ2n) is 6.73. The van der Waals surface area contributed by atoms with Crippen molar-refractivity contribution >= 4 is 11.8 Å². The second kappa shape index (κ2) is 6.63. The molecule has 7 nitrogen and oxygen atoms in total. The fourth-order valence-electron chi connectivity index (χ4n) is 3.30. The van der Waals surface area contributed by atoms with E-state index in [1.807, 2.05) is 12.3 Å². The quantitative estimate of drug-likeness (QED) is 0.846. The topological polar surface area (TPSA) is 81.8 Å². The smallest absolute Gasteiger partial charge is 0.226 e. The first kappa shape index (κ1) is 15.8. The van der Waals surface area contributed by atoms with Crippen molar-refractivity contribution in [3.63, 3.8) is 0 Å². The van der Waals surface area contributed by atoms with Crippen LogP contribution in [0.25, 0.3) is 0 Å². The van der Waals surface area contributed by atoms with Gasteiger partial charge < -0.3 is 9.80 Å². The molecule has 0 amide bonds. The SMILES string of the molecule is CN(c1ccnc(C2CC2)n1)C1CCN(c2nccc(C#N)n2)CC1. The molecule has 4 rings (SSSR count). The first-order chi connectivity index (χ1) is 12.2. The van der Waals surface area contributed by atoms with Crippen molar-refractivity contribution in [1.29, 1.82) is 5.26 Å². The minimum absolute atomic E-state index is 0.415. The van der Waals surface area contributed by atoms with Crippen LogP contribution in [0.1, 0.15) is 43.1 Å². The van der Waals surface area contributed by atoms with Crippen LogP contribution in [0.2, 0.25) is 0 Å². The van der Waals surface area contributed by atoms with Crippen molar-refractivity contribution in [2.45, 2.75) is 37.6 Å². The van der Waals surface area contributed by atoms with Crippen molar-refractivity contribution < 1.29 is 0 Å². The molecule has 2 fully saturated rings. The molecule has 2 aromatic rings. The van der Waals surface area contributed by atoms with E-state index in [4.69, 9.17) is 10.2 Å². The van der Waals surface area contributed by atoms with Crippen molar-refractivity contribution in [3.8, 4) is 6.07 Å². The lowest BCUT2D eigenvalue weighted by atomic mass is 10.0. The fourth-order valence-corrected chi connectivity index (χ4v) is 3.30. The summed E-state index contributed by atoms with van der Waals surface area (Å²) >= 11 is 0. The highest BCUT2D eigenvalue weighted by Crippen LogP contribution is 2.38. The summed E-state index contributed by atoms with van der Waals surface area (Å²) in [6.07, 6.45) is 7.99. The molecule has 2 aliphatic rings. The Hall–Kier alpha value is -2.75. The molecule has 0 atom stereocenters. The van der Waals surface area contributed by atoms with E-state index < -0.39 is 0 Å². The Morgan fingerprint density at radius 2 is 1.84 bits per heavy atom. The first-order valence-corrected chi connectivity index (χ1v) is 8.78. The maximum atomic E-state index is 8.99. The minimum atomic E-state index is 0.415. The Balaban J connectivity index is 1.41. The van der Waals surface area contributed by atoms with Gasteiger partial charge in [0.25, 0.3) is 0 Å². The summed E-state index contributed by atoms with van der Waals surface area (Å²) < 4.78 is 0. The van der Waals surface area contributed by atoms with Gasteiger partial charge in [0.2, 0.25) is 5.95 Å². The minimum Gasteiger partial charge on any atom is -0.356 e. The van der Waals surface area contributed by atoms with Gasteiger partial charge in [0.1, 0.15) is 23.4 Å². The molecule has 0 unspecified atom stereocenters. The van der Waals surface area contributed by atoms with Gasteiger partial charge in [-0.3, -0.25) is 0 Å². The maximum Gasteiger partial charge on any atom is 0.226 e. The zero-order valence-electron chi connectivity index (χ0n) is 14.3. The van der Waals surface area contributed by atoms with Crippen LogP contribution in [0, 0.1) is 11.3 Å². The lowest BCUT2D eigenvalue weighted by Gasteiger charge is -2.37. The van der Waals surface area contributed by atoms with Gasteiger partial charge in [-0.25, -0.2) is 19.9 Å². The zero-order valence-corrected chi connectivity index (χ0v) is 14.3. The summed E-state index contributed by atoms with van der Waals surface area (Å²) in [5.41, 5.74) is 0.415. The molecule has 0 radical (unpaired) electrons. The van der Waals surface area contributed by atoms with Gasteiger partial charge in [0, 0.05) is 44.5 Å². The van der Waals surface area contributed by atoms with Crippen LogP contribution in [0.3, 0.4) is 0 Å². The third-order valence-electron chi connectivity index (χ3n) is 5.02. The lowest BCUT2D eigenvalue weighted by molar-refractivity contribution is 0.475. The Kier molecular flexibility index (Phi) is 4.18. The molecule has 0 aromatic carbocycles. The van der Waals surface area contributed by atoms with E-state index in [2.05, 4.69) is 37.9 Å². The number of anilines is 2. The molecule has 1 saturated carbocycles. The molecule has 2 aromatic heterocycles. The molecule has 1 saturated heterocycles. The lowest BCUT2D eigenvalue weighted by Crippen LogP contribution is -2.44. The third-order valence-corrected chi connectivity index (χ3v) is 5.02. The predicted octanol–water partition coefficient (Wildman–Crippen LogP) is 2.12. The number of nitriles is 1. The van der Waals surface area contributed by atoms with E-state index in [-0.39, 0.29) is 0 Å². The Morgan fingerprint density at radius 3 is 2.56 bits per heavy atom. The Labute approximate surface area is 147 Å². The number of rotatable bonds is 4. The summed E-state index contributed by atoms with van der Waals surface area (Å²) in [6, 6.07) is 6.15. The van der Waals surface area contributed by atoms with Crippen molar-refractivity contribution in [1.82, 2.24) is 19.9 Å². The van der Waals surface area contributed by atoms with Crippen LogP contribution < -0.4 is 9.80 Å². The van der Waals surface area contributed by atoms with Crippen LogP contribution in [-0.4, -0.2) is 46.1 Å². The third kappa shape index (κ3) is 3.38. The van der Waals surface area contributed by atoms with Crippen LogP contribution >= 0.6 is 0 Å². The van der Waals surface area contributed by atoms with Crippen molar-refractivity contribution in [2.24, 2.45) is 0 Å². The summed E-state index contributed by atoms with van der Waals surface area (Å²) in [5, 5.41) is 8.99. The summed E-state index contributed by atoms with van der Waals surface area (Å²) in [4.78, 5) is 22.2. The predicted molar refractivity (Wildman–Crippen MR) is 94.4 cm³/mol. The number of nitrogens with zero attached hydrogens (tertiary/aromatic N) is 7. The van der Waals surface area contributed by atoms with Crippen LogP contribution in [0.5, 0.6) is 0 Å². The van der Waals surface area contributed by atoms with Gasteiger partial charge in [-0.2, -0.15) is 5.26 Å². The summed E-state index contributed by atoms with van der Waals surface area (Å²) in [6.45, 7) is 1.76. The van der Waals surface area contributed by atoms with E-state index in [0.717, 1.165) is 37.6 Å². The van der Waals surface area contributed by atoms with Crippen molar-refractivity contribution in [2.75, 3.05) is 29.9 Å². The molecule has 0 bridgehead atoms. The average molecular weight is 335 g/mol. The molecule has 3 heterocycles. The number of hydrogen-bond acceptors (Lipinski definition) is 7. The van der Waals surface area contributed by atoms with Gasteiger partial charge in [-0.15, -0.1) is 0 Å². The monoisotopic (exact) mass is 335 g/mol. The average Bonchev–Trinajstić information content (AvgIpc) is 3.53. The zero-order chi connectivity index (χ0) is 17.2. The Morgan fingerprint density at radius 1 is 1.08 bits per heavy atom. The van der Waals surface area contributed by atoms with Crippen LogP contribution in [-0.2, 0) is 0 Å². The van der Waals surface area contributed by atoms with Gasteiger partial charge in [-0.05, 0) is 37.8 Å². The molecule has 25 heavy (non-hydrogen) atoms. The number of aromatic nitrogens is 4. The maximum absolute atomic E-state index is 8.99. The van der Waals surface area contributed by atoms with Gasteiger partial charge in [-0.1, -0.05) is 0 Å². The number of piperidine rings is 1. The van der Waals surface area contributed by atoms with Crippen LogP contribution in [0.4, 0.5) is 11.8 Å². The Bertz CT molecular complexity index is 788. The van der Waals surface area contributed by atoms with Gasteiger partial charge in [0.05, 0.1) is 0 Å². The normalized spacial score (nSPS) is 18.0. The molecule has 128 valence electrons. The van der Waals surface area contributed by atoms with E-state index in [0.29, 0.717) is 23.6 Å². The highest BCUT2D eigenvalue weighted by molar-refractivity contribution is 5.40. The summed E-state index contributed by atoms with van der Waals surface area (Å²) in [7, 11) is 2.12. The standard InChI is InChI=1S/C18H21N7/c1-24(16-5-9-20-17(23-16)13-2-3-13)15-6-10-25(11-7-15)18-21-8-4-14(12-19)22-18/h4-5,8-9,13,15H,2-3,6-7,10-11H2,1H3. The van der Waals surface area contributed by atoms with E-state index >= 15 is 0 Å². The highest BCUT2D eigenvalue weighted by atomic mass is 15.3. The molecule has 1 aliphatic heterocycles. The second-order valence-corrected chi connectivity index (χ2v) is 6.73. The van der Waals surface area contributed by atoms with Crippen molar-refractivity contribution in [3.05, 3.63) is 36.0 Å². The van der Waals surface area contributed by atoms with E-state index in [1.54, 1.807) is 12.3 Å². The molecule has 1 aliphatic carbocycles. The molecular weight excluding hydrogens is 314 g/mol. The molecule has 0 N–H and O–H groups in total. The molecular formula is C18H21N7. The van der Waals surface area contributed by atoms with Crippen LogP contribution in [0.15, 0.2) is 24.5 Å². The fraction of sp³-hybridized carbons (Fsp3) is 0.500. The van der Waals surface area contributed by atoms with Gasteiger partial charge >= 0.3 is 0 Å². The largest absolute Gasteiger partial charge is 0.356 e. The van der Waals surface area contributed by atoms with E-state index in [1.165, 1.54) is 12.8 Å². The summed E-state index contributed by atoms with van der Waals surface area (Å²) in [5.74, 6) is 3.22. The number of hydrogen-bond donors (Lipinski definition) is 0. The van der Waals surface area contributed by atoms with E-state index in [9.17, 15) is 0 Å². The molecule has 0 spiro atoms. The highest BCUT2D eigenvalue weighted by Gasteiger charge is 2.28. The van der Waals surface area contributed by atoms with Gasteiger partial charge in [0.15, 0.2) is 0 Å².